The smallest absolute Gasteiger partial charge is 0.319 e. The second-order valence-corrected chi connectivity index (χ2v) is 8.06. The van der Waals surface area contributed by atoms with Gasteiger partial charge in [-0.25, -0.2) is 0 Å². The maximum Gasteiger partial charge on any atom is 0.319 e. The van der Waals surface area contributed by atoms with Crippen LogP contribution in [-0.4, -0.2) is 93.3 Å². The molecule has 0 aliphatic carbocycles. The van der Waals surface area contributed by atoms with Crippen LogP contribution in [-0.2, 0) is 51.2 Å². The fourth-order valence-corrected chi connectivity index (χ4v) is 3.44. The van der Waals surface area contributed by atoms with Gasteiger partial charge in [0.1, 0.15) is 0 Å². The van der Waals surface area contributed by atoms with Crippen molar-refractivity contribution >= 4 is 29.6 Å². The van der Waals surface area contributed by atoms with E-state index in [-0.39, 0.29) is 39.3 Å². The number of methoxy groups -OCH3 is 4. The lowest BCUT2D eigenvalue weighted by molar-refractivity contribution is -0.147. The fourth-order valence-electron chi connectivity index (χ4n) is 3.44. The molecule has 200 valence electrons. The summed E-state index contributed by atoms with van der Waals surface area (Å²) in [6, 6.07) is 10.9. The number of anilines is 1. The number of nitrogens with two attached hydrogens (primary N) is 1. The Kier molecular flexibility index (Phi) is 11.5. The van der Waals surface area contributed by atoms with Gasteiger partial charge in [0.15, 0.2) is 0 Å². The quantitative estimate of drug-likeness (QED) is 0.226. The number of carbonyl (C=O) groups is 4. The van der Waals surface area contributed by atoms with E-state index in [2.05, 4.69) is 4.98 Å². The largest absolute Gasteiger partial charge is 0.468 e. The summed E-state index contributed by atoms with van der Waals surface area (Å²) in [7, 11) is 5.03. The Labute approximate surface area is 215 Å². The van der Waals surface area contributed by atoms with Gasteiger partial charge in [-0.2, -0.15) is 0 Å². The number of nitrogen functional groups attached to an aromatic ring is 1. The Morgan fingerprint density at radius 3 is 1.32 bits per heavy atom. The summed E-state index contributed by atoms with van der Waals surface area (Å²) in [5, 5.41) is 0. The van der Waals surface area contributed by atoms with E-state index in [4.69, 9.17) is 24.7 Å². The van der Waals surface area contributed by atoms with Crippen molar-refractivity contribution in [3.63, 3.8) is 0 Å². The minimum absolute atomic E-state index is 0.119. The molecule has 2 rings (SSSR count). The summed E-state index contributed by atoms with van der Waals surface area (Å²) in [5.41, 5.74) is 9.14. The third-order valence-corrected chi connectivity index (χ3v) is 5.27. The van der Waals surface area contributed by atoms with E-state index in [1.54, 1.807) is 12.1 Å². The van der Waals surface area contributed by atoms with Crippen LogP contribution >= 0.6 is 0 Å². The molecule has 12 nitrogen and oxygen atoms in total. The molecule has 0 bridgehead atoms. The molecule has 37 heavy (non-hydrogen) atoms. The van der Waals surface area contributed by atoms with Crippen LogP contribution in [0.25, 0.3) is 11.1 Å². The molecule has 0 amide bonds. The molecule has 2 aromatic rings. The first-order valence-electron chi connectivity index (χ1n) is 11.2. The van der Waals surface area contributed by atoms with Crippen LogP contribution in [0.1, 0.15) is 11.4 Å². The van der Waals surface area contributed by atoms with E-state index in [1.807, 2.05) is 24.3 Å². The molecule has 0 unspecified atom stereocenters. The third kappa shape index (κ3) is 9.86. The molecule has 0 saturated heterocycles. The second-order valence-electron chi connectivity index (χ2n) is 8.06. The van der Waals surface area contributed by atoms with Crippen molar-refractivity contribution < 1.29 is 38.1 Å². The van der Waals surface area contributed by atoms with Crippen LogP contribution < -0.4 is 5.73 Å². The van der Waals surface area contributed by atoms with E-state index >= 15 is 0 Å². The van der Waals surface area contributed by atoms with Crippen molar-refractivity contribution in [1.82, 2.24) is 14.8 Å². The molecule has 2 N–H and O–H groups in total. The SMILES string of the molecule is COC(=O)CN(CC(=O)OC)Cc1cc(-c2ccc(N)cc2)cc(CN(CC(=O)OC)CC(=O)OC)n1. The Morgan fingerprint density at radius 2 is 1.00 bits per heavy atom. The zero-order valence-corrected chi connectivity index (χ0v) is 21.4. The highest BCUT2D eigenvalue weighted by molar-refractivity contribution is 5.75. The van der Waals surface area contributed by atoms with E-state index in [0.717, 1.165) is 11.1 Å². The van der Waals surface area contributed by atoms with Gasteiger partial charge in [0.2, 0.25) is 0 Å². The lowest BCUT2D eigenvalue weighted by atomic mass is 10.0. The summed E-state index contributed by atoms with van der Waals surface area (Å²) in [5.74, 6) is -2.11. The maximum atomic E-state index is 11.9. The molecule has 0 aliphatic heterocycles. The van der Waals surface area contributed by atoms with Gasteiger partial charge in [-0.15, -0.1) is 0 Å². The Morgan fingerprint density at radius 1 is 0.649 bits per heavy atom. The highest BCUT2D eigenvalue weighted by Crippen LogP contribution is 2.23. The minimum atomic E-state index is -0.527. The van der Waals surface area contributed by atoms with Crippen LogP contribution in [0, 0.1) is 0 Å². The normalized spacial score (nSPS) is 10.8. The molecule has 1 aromatic heterocycles. The van der Waals surface area contributed by atoms with Crippen molar-refractivity contribution in [2.45, 2.75) is 13.1 Å². The monoisotopic (exact) mass is 516 g/mol. The third-order valence-electron chi connectivity index (χ3n) is 5.27. The van der Waals surface area contributed by atoms with Crippen LogP contribution in [0.15, 0.2) is 36.4 Å². The van der Waals surface area contributed by atoms with E-state index in [9.17, 15) is 19.2 Å². The Bertz CT molecular complexity index is 994. The van der Waals surface area contributed by atoms with Crippen LogP contribution in [0.4, 0.5) is 5.69 Å². The van der Waals surface area contributed by atoms with Gasteiger partial charge in [0.25, 0.3) is 0 Å². The number of esters is 4. The van der Waals surface area contributed by atoms with Gasteiger partial charge in [0, 0.05) is 18.8 Å². The van der Waals surface area contributed by atoms with E-state index in [0.29, 0.717) is 17.1 Å². The van der Waals surface area contributed by atoms with Gasteiger partial charge in [0.05, 0.1) is 66.0 Å². The number of hydrogen-bond donors (Lipinski definition) is 1. The molecular weight excluding hydrogens is 484 g/mol. The number of carbonyl (C=O) groups excluding carboxylic acids is 4. The first-order valence-corrected chi connectivity index (χ1v) is 11.2. The number of ether oxygens (including phenoxy) is 4. The molecule has 12 heteroatoms. The second kappa shape index (κ2) is 14.5. The summed E-state index contributed by atoms with van der Waals surface area (Å²) in [4.78, 5) is 55.5. The molecular formula is C25H32N4O8. The van der Waals surface area contributed by atoms with E-state index < -0.39 is 23.9 Å². The molecule has 1 heterocycles. The lowest BCUT2D eigenvalue weighted by Crippen LogP contribution is -2.36. The molecule has 0 fully saturated rings. The lowest BCUT2D eigenvalue weighted by Gasteiger charge is -2.22. The topological polar surface area (TPSA) is 151 Å². The molecule has 0 aliphatic rings. The molecule has 1 aromatic carbocycles. The Hall–Kier alpha value is -4.03. The highest BCUT2D eigenvalue weighted by atomic mass is 16.5. The highest BCUT2D eigenvalue weighted by Gasteiger charge is 2.20. The fraction of sp³-hybridized carbons (Fsp3) is 0.400. The number of hydrogen-bond acceptors (Lipinski definition) is 12. The number of benzene rings is 1. The molecule has 0 saturated carbocycles. The van der Waals surface area contributed by atoms with Crippen molar-refractivity contribution in [1.29, 1.82) is 0 Å². The van der Waals surface area contributed by atoms with Gasteiger partial charge in [-0.05, 0) is 35.4 Å². The van der Waals surface area contributed by atoms with Crippen LogP contribution in [0.5, 0.6) is 0 Å². The summed E-state index contributed by atoms with van der Waals surface area (Å²) < 4.78 is 19.0. The predicted octanol–water partition coefficient (Wildman–Crippen LogP) is 0.627. The Balaban J connectivity index is 2.46. The standard InChI is InChI=1S/C25H32N4O8/c1-34-22(30)13-28(14-23(31)35-2)11-20-9-18(17-5-7-19(26)8-6-17)10-21(27-20)12-29(15-24(32)36-3)16-25(33)37-4/h5-10H,11-16,26H2,1-4H3. The van der Waals surface area contributed by atoms with Crippen LogP contribution in [0.3, 0.4) is 0 Å². The number of nitrogens with zero attached hydrogens (tertiary/aromatic N) is 3. The molecule has 0 atom stereocenters. The predicted molar refractivity (Wildman–Crippen MR) is 133 cm³/mol. The zero-order valence-electron chi connectivity index (χ0n) is 21.4. The van der Waals surface area contributed by atoms with Gasteiger partial charge in [-0.3, -0.25) is 34.0 Å². The number of aromatic nitrogens is 1. The van der Waals surface area contributed by atoms with E-state index in [1.165, 1.54) is 38.2 Å². The van der Waals surface area contributed by atoms with Crippen molar-refractivity contribution in [3.8, 4) is 11.1 Å². The average Bonchev–Trinajstić information content (AvgIpc) is 2.88. The summed E-state index contributed by atoms with van der Waals surface area (Å²) in [6.45, 7) is -0.407. The number of pyridine rings is 1. The first kappa shape index (κ1) is 29.2. The molecule has 0 radical (unpaired) electrons. The van der Waals surface area contributed by atoms with Crippen LogP contribution in [0.2, 0.25) is 0 Å². The average molecular weight is 517 g/mol. The molecule has 0 spiro atoms. The summed E-state index contributed by atoms with van der Waals surface area (Å²) in [6.07, 6.45) is 0. The first-order chi connectivity index (χ1) is 17.7. The van der Waals surface area contributed by atoms with Crippen molar-refractivity contribution in [2.24, 2.45) is 0 Å². The van der Waals surface area contributed by atoms with Gasteiger partial charge in [-0.1, -0.05) is 12.1 Å². The zero-order chi connectivity index (χ0) is 27.4. The number of rotatable bonds is 13. The van der Waals surface area contributed by atoms with Gasteiger partial charge >= 0.3 is 23.9 Å². The maximum absolute atomic E-state index is 11.9. The minimum Gasteiger partial charge on any atom is -0.468 e. The van der Waals surface area contributed by atoms with Gasteiger partial charge < -0.3 is 24.7 Å². The van der Waals surface area contributed by atoms with Crippen molar-refractivity contribution in [3.05, 3.63) is 47.8 Å². The summed E-state index contributed by atoms with van der Waals surface area (Å²) >= 11 is 0. The van der Waals surface area contributed by atoms with Crippen molar-refractivity contribution in [2.75, 3.05) is 60.4 Å².